The van der Waals surface area contributed by atoms with Crippen LogP contribution in [0.1, 0.15) is 49.4 Å². The lowest BCUT2D eigenvalue weighted by Crippen LogP contribution is -2.39. The van der Waals surface area contributed by atoms with Crippen molar-refractivity contribution < 1.29 is 4.52 Å². The average molecular weight is 292 g/mol. The Kier molecular flexibility index (Phi) is 3.76. The van der Waals surface area contributed by atoms with Crippen LogP contribution in [-0.2, 0) is 12.0 Å². The Morgan fingerprint density at radius 1 is 1.25 bits per heavy atom. The molecule has 1 aromatic heterocycles. The number of benzene rings is 1. The molecule has 0 saturated heterocycles. The van der Waals surface area contributed by atoms with Gasteiger partial charge in [0.15, 0.2) is 5.82 Å². The highest BCUT2D eigenvalue weighted by Crippen LogP contribution is 2.33. The van der Waals surface area contributed by atoms with Crippen molar-refractivity contribution in [2.45, 2.75) is 44.1 Å². The van der Waals surface area contributed by atoms with Crippen molar-refractivity contribution >= 4 is 11.6 Å². The molecule has 0 atom stereocenters. The predicted octanol–water partition coefficient (Wildman–Crippen LogP) is 3.43. The quantitative estimate of drug-likeness (QED) is 0.941. The second-order valence-electron chi connectivity index (χ2n) is 5.54. The zero-order chi connectivity index (χ0) is 14.0. The van der Waals surface area contributed by atoms with Gasteiger partial charge in [0.1, 0.15) is 0 Å². The zero-order valence-electron chi connectivity index (χ0n) is 11.3. The fraction of sp³-hybridized carbons (Fsp3) is 0.467. The Hall–Kier alpha value is -1.39. The van der Waals surface area contributed by atoms with E-state index in [1.54, 1.807) is 0 Å². The first-order valence-corrected chi connectivity index (χ1v) is 7.40. The van der Waals surface area contributed by atoms with E-state index in [0.717, 1.165) is 31.2 Å². The minimum Gasteiger partial charge on any atom is -0.339 e. The molecular formula is C15H18ClN3O. The molecule has 3 rings (SSSR count). The van der Waals surface area contributed by atoms with Crippen molar-refractivity contribution in [3.8, 4) is 0 Å². The van der Waals surface area contributed by atoms with Gasteiger partial charge in [0.25, 0.3) is 0 Å². The summed E-state index contributed by atoms with van der Waals surface area (Å²) in [5, 5.41) is 4.80. The number of aromatic nitrogens is 2. The SMILES string of the molecule is NC1(c2noc(Cc3cccc(Cl)c3)n2)CCCCC1. The van der Waals surface area contributed by atoms with Gasteiger partial charge in [-0.15, -0.1) is 0 Å². The lowest BCUT2D eigenvalue weighted by atomic mass is 9.82. The second-order valence-corrected chi connectivity index (χ2v) is 5.97. The number of nitrogens with two attached hydrogens (primary N) is 1. The van der Waals surface area contributed by atoms with Crippen LogP contribution in [0.4, 0.5) is 0 Å². The molecule has 1 aromatic carbocycles. The molecule has 0 amide bonds. The van der Waals surface area contributed by atoms with Crippen LogP contribution in [0, 0.1) is 0 Å². The number of hydrogen-bond acceptors (Lipinski definition) is 4. The van der Waals surface area contributed by atoms with Crippen LogP contribution >= 0.6 is 11.6 Å². The number of halogens is 1. The fourth-order valence-corrected chi connectivity index (χ4v) is 2.97. The lowest BCUT2D eigenvalue weighted by Gasteiger charge is -2.29. The maximum Gasteiger partial charge on any atom is 0.231 e. The molecule has 0 unspecified atom stereocenters. The Bertz CT molecular complexity index is 590. The van der Waals surface area contributed by atoms with Crippen molar-refractivity contribution in [1.82, 2.24) is 10.1 Å². The summed E-state index contributed by atoms with van der Waals surface area (Å²) in [4.78, 5) is 4.48. The molecule has 0 spiro atoms. The van der Waals surface area contributed by atoms with Crippen LogP contribution in [0.5, 0.6) is 0 Å². The standard InChI is InChI=1S/C15H18ClN3O/c16-12-6-4-5-11(9-12)10-13-18-14(19-20-13)15(17)7-2-1-3-8-15/h4-6,9H,1-3,7-8,10,17H2. The minimum absolute atomic E-state index is 0.408. The Morgan fingerprint density at radius 3 is 2.80 bits per heavy atom. The summed E-state index contributed by atoms with van der Waals surface area (Å²) < 4.78 is 5.34. The number of nitrogens with zero attached hydrogens (tertiary/aromatic N) is 2. The summed E-state index contributed by atoms with van der Waals surface area (Å²) in [7, 11) is 0. The summed E-state index contributed by atoms with van der Waals surface area (Å²) in [6, 6.07) is 7.67. The molecule has 106 valence electrons. The van der Waals surface area contributed by atoms with Crippen LogP contribution < -0.4 is 5.73 Å². The van der Waals surface area contributed by atoms with Crippen LogP contribution in [0.25, 0.3) is 0 Å². The second kappa shape index (κ2) is 5.54. The highest BCUT2D eigenvalue weighted by molar-refractivity contribution is 6.30. The van der Waals surface area contributed by atoms with E-state index >= 15 is 0 Å². The first kappa shape index (κ1) is 13.6. The summed E-state index contributed by atoms with van der Waals surface area (Å²) in [6.45, 7) is 0. The summed E-state index contributed by atoms with van der Waals surface area (Å²) in [5.74, 6) is 1.24. The third-order valence-electron chi connectivity index (χ3n) is 3.90. The first-order chi connectivity index (χ1) is 9.66. The lowest BCUT2D eigenvalue weighted by molar-refractivity contribution is 0.273. The topological polar surface area (TPSA) is 64.9 Å². The molecular weight excluding hydrogens is 274 g/mol. The molecule has 2 aromatic rings. The monoisotopic (exact) mass is 291 g/mol. The predicted molar refractivity (Wildman–Crippen MR) is 77.5 cm³/mol. The molecule has 1 heterocycles. The summed E-state index contributed by atoms with van der Waals surface area (Å²) in [6.07, 6.45) is 5.96. The number of rotatable bonds is 3. The third kappa shape index (κ3) is 2.86. The molecule has 2 N–H and O–H groups in total. The van der Waals surface area contributed by atoms with E-state index in [1.165, 1.54) is 6.42 Å². The highest BCUT2D eigenvalue weighted by Gasteiger charge is 2.34. The van der Waals surface area contributed by atoms with Crippen LogP contribution in [0.15, 0.2) is 28.8 Å². The van der Waals surface area contributed by atoms with Crippen molar-refractivity contribution in [2.75, 3.05) is 0 Å². The minimum atomic E-state index is -0.408. The van der Waals surface area contributed by atoms with Crippen LogP contribution in [-0.4, -0.2) is 10.1 Å². The van der Waals surface area contributed by atoms with E-state index in [9.17, 15) is 0 Å². The van der Waals surface area contributed by atoms with Gasteiger partial charge in [0.2, 0.25) is 5.89 Å². The molecule has 4 nitrogen and oxygen atoms in total. The van der Waals surface area contributed by atoms with Gasteiger partial charge < -0.3 is 10.3 Å². The third-order valence-corrected chi connectivity index (χ3v) is 4.14. The molecule has 0 radical (unpaired) electrons. The van der Waals surface area contributed by atoms with Gasteiger partial charge in [0, 0.05) is 5.02 Å². The summed E-state index contributed by atoms with van der Waals surface area (Å²) >= 11 is 5.97. The maximum atomic E-state index is 6.41. The normalized spacial score (nSPS) is 18.1. The molecule has 5 heteroatoms. The molecule has 0 bridgehead atoms. The van der Waals surface area contributed by atoms with Gasteiger partial charge >= 0.3 is 0 Å². The molecule has 1 aliphatic carbocycles. The van der Waals surface area contributed by atoms with Crippen molar-refractivity contribution in [3.63, 3.8) is 0 Å². The Morgan fingerprint density at radius 2 is 2.05 bits per heavy atom. The molecule has 1 saturated carbocycles. The van der Waals surface area contributed by atoms with Gasteiger partial charge in [-0.05, 0) is 30.5 Å². The van der Waals surface area contributed by atoms with E-state index in [2.05, 4.69) is 10.1 Å². The largest absolute Gasteiger partial charge is 0.339 e. The van der Waals surface area contributed by atoms with Gasteiger partial charge in [-0.2, -0.15) is 4.98 Å². The van der Waals surface area contributed by atoms with Gasteiger partial charge in [0.05, 0.1) is 12.0 Å². The van der Waals surface area contributed by atoms with Gasteiger partial charge in [-0.1, -0.05) is 48.2 Å². The molecule has 1 fully saturated rings. The van der Waals surface area contributed by atoms with E-state index < -0.39 is 5.54 Å². The van der Waals surface area contributed by atoms with Crippen molar-refractivity contribution in [3.05, 3.63) is 46.6 Å². The Labute approximate surface area is 123 Å². The van der Waals surface area contributed by atoms with Crippen LogP contribution in [0.2, 0.25) is 5.02 Å². The first-order valence-electron chi connectivity index (χ1n) is 7.02. The smallest absolute Gasteiger partial charge is 0.231 e. The fourth-order valence-electron chi connectivity index (χ4n) is 2.76. The van der Waals surface area contributed by atoms with E-state index in [1.807, 2.05) is 24.3 Å². The van der Waals surface area contributed by atoms with E-state index in [-0.39, 0.29) is 0 Å². The van der Waals surface area contributed by atoms with E-state index in [4.69, 9.17) is 21.9 Å². The zero-order valence-corrected chi connectivity index (χ0v) is 12.1. The average Bonchev–Trinajstić information content (AvgIpc) is 2.89. The molecule has 20 heavy (non-hydrogen) atoms. The van der Waals surface area contributed by atoms with Crippen molar-refractivity contribution in [2.24, 2.45) is 5.73 Å². The van der Waals surface area contributed by atoms with Gasteiger partial charge in [-0.25, -0.2) is 0 Å². The summed E-state index contributed by atoms with van der Waals surface area (Å²) in [5.41, 5.74) is 7.05. The maximum absolute atomic E-state index is 6.41. The van der Waals surface area contributed by atoms with Gasteiger partial charge in [-0.3, -0.25) is 0 Å². The van der Waals surface area contributed by atoms with Crippen LogP contribution in [0.3, 0.4) is 0 Å². The molecule has 0 aliphatic heterocycles. The van der Waals surface area contributed by atoms with Crippen molar-refractivity contribution in [1.29, 1.82) is 0 Å². The molecule has 1 aliphatic rings. The number of hydrogen-bond donors (Lipinski definition) is 1. The highest BCUT2D eigenvalue weighted by atomic mass is 35.5. The van der Waals surface area contributed by atoms with E-state index in [0.29, 0.717) is 23.2 Å². The Balaban J connectivity index is 1.76.